The average molecular weight is 359 g/mol. The normalized spacial score (nSPS) is 11.4. The molecule has 0 aliphatic heterocycles. The van der Waals surface area contributed by atoms with Crippen LogP contribution in [0.25, 0.3) is 16.9 Å². The molecule has 0 radical (unpaired) electrons. The number of carbonyl (C=O) groups is 1. The average Bonchev–Trinajstić information content (AvgIpc) is 3.30. The maximum atomic E-state index is 12.6. The third kappa shape index (κ3) is 3.67. The van der Waals surface area contributed by atoms with Crippen molar-refractivity contribution in [3.8, 4) is 11.3 Å². The molecule has 0 N–H and O–H groups in total. The highest BCUT2D eigenvalue weighted by atomic mass is 16.3. The van der Waals surface area contributed by atoms with Crippen LogP contribution >= 0.6 is 0 Å². The van der Waals surface area contributed by atoms with Gasteiger partial charge in [-0.3, -0.25) is 4.79 Å². The van der Waals surface area contributed by atoms with E-state index in [-0.39, 0.29) is 12.2 Å². The number of Topliss-reactive ketones (excluding diaryl/α,β-unsaturated/α-hetero) is 1. The number of furan rings is 1. The molecule has 5 heteroatoms. The molecule has 0 unspecified atom stereocenters. The minimum atomic E-state index is 0.0202. The van der Waals surface area contributed by atoms with Gasteiger partial charge in [-0.05, 0) is 36.1 Å². The first-order valence-corrected chi connectivity index (χ1v) is 9.09. The zero-order valence-corrected chi connectivity index (χ0v) is 15.4. The van der Waals surface area contributed by atoms with E-state index in [1.54, 1.807) is 17.0 Å². The van der Waals surface area contributed by atoms with E-state index in [4.69, 9.17) is 4.42 Å². The van der Waals surface area contributed by atoms with Crippen LogP contribution in [0.2, 0.25) is 0 Å². The highest BCUT2D eigenvalue weighted by Crippen LogP contribution is 2.20. The monoisotopic (exact) mass is 359 g/mol. The number of nitrogens with zero attached hydrogens (tertiary/aromatic N) is 3. The van der Waals surface area contributed by atoms with E-state index in [9.17, 15) is 4.79 Å². The fraction of sp³-hybridized carbons (Fsp3) is 0.227. The molecule has 0 aliphatic carbocycles. The molecule has 0 bridgehead atoms. The summed E-state index contributed by atoms with van der Waals surface area (Å²) in [5.74, 6) is 1.13. The van der Waals surface area contributed by atoms with Crippen LogP contribution in [-0.2, 0) is 12.8 Å². The van der Waals surface area contributed by atoms with Gasteiger partial charge >= 0.3 is 0 Å². The van der Waals surface area contributed by atoms with Crippen LogP contribution in [0.15, 0.2) is 65.5 Å². The third-order valence-corrected chi connectivity index (χ3v) is 4.46. The summed E-state index contributed by atoms with van der Waals surface area (Å²) in [5.41, 5.74) is 4.45. The van der Waals surface area contributed by atoms with Crippen LogP contribution in [0.1, 0.15) is 35.6 Å². The fourth-order valence-electron chi connectivity index (χ4n) is 3.20. The molecule has 27 heavy (non-hydrogen) atoms. The molecular formula is C22H21N3O2. The Bertz CT molecular complexity index is 1060. The molecule has 4 aromatic rings. The van der Waals surface area contributed by atoms with Gasteiger partial charge < -0.3 is 4.42 Å². The smallest absolute Gasteiger partial charge is 0.170 e. The van der Waals surface area contributed by atoms with Crippen LogP contribution in [-0.4, -0.2) is 20.4 Å². The summed E-state index contributed by atoms with van der Waals surface area (Å²) in [6.07, 6.45) is 4.48. The highest BCUT2D eigenvalue weighted by Gasteiger charge is 2.14. The SMILES string of the molecule is CC(C)Cc1ccc(C(=O)Cc2nc3cccc(-c4ccoc4)n3n2)cc1. The van der Waals surface area contributed by atoms with Crippen LogP contribution < -0.4 is 0 Å². The van der Waals surface area contributed by atoms with Crippen molar-refractivity contribution in [2.24, 2.45) is 5.92 Å². The zero-order valence-electron chi connectivity index (χ0n) is 15.4. The highest BCUT2D eigenvalue weighted by molar-refractivity contribution is 5.97. The van der Waals surface area contributed by atoms with Gasteiger partial charge in [0.15, 0.2) is 17.3 Å². The van der Waals surface area contributed by atoms with E-state index < -0.39 is 0 Å². The fourth-order valence-corrected chi connectivity index (χ4v) is 3.20. The summed E-state index contributed by atoms with van der Waals surface area (Å²) in [7, 11) is 0. The van der Waals surface area contributed by atoms with Crippen LogP contribution in [0.3, 0.4) is 0 Å². The van der Waals surface area contributed by atoms with Crippen molar-refractivity contribution < 1.29 is 9.21 Å². The van der Waals surface area contributed by atoms with Crippen molar-refractivity contribution in [2.75, 3.05) is 0 Å². The van der Waals surface area contributed by atoms with Crippen molar-refractivity contribution in [1.82, 2.24) is 14.6 Å². The lowest BCUT2D eigenvalue weighted by atomic mass is 10.00. The second-order valence-electron chi connectivity index (χ2n) is 7.12. The second kappa shape index (κ2) is 7.19. The molecule has 136 valence electrons. The Morgan fingerprint density at radius 1 is 1.11 bits per heavy atom. The minimum Gasteiger partial charge on any atom is -0.472 e. The van der Waals surface area contributed by atoms with Gasteiger partial charge in [0, 0.05) is 11.1 Å². The Kier molecular flexibility index (Phi) is 4.59. The van der Waals surface area contributed by atoms with Gasteiger partial charge in [-0.15, -0.1) is 0 Å². The van der Waals surface area contributed by atoms with Crippen molar-refractivity contribution in [2.45, 2.75) is 26.7 Å². The van der Waals surface area contributed by atoms with Crippen LogP contribution in [0, 0.1) is 5.92 Å². The number of carbonyl (C=O) groups excluding carboxylic acids is 1. The quantitative estimate of drug-likeness (QED) is 0.472. The summed E-state index contributed by atoms with van der Waals surface area (Å²) in [6, 6.07) is 15.5. The molecule has 0 spiro atoms. The molecule has 0 saturated carbocycles. The first kappa shape index (κ1) is 17.2. The molecule has 0 saturated heterocycles. The number of pyridine rings is 1. The van der Waals surface area contributed by atoms with Crippen molar-refractivity contribution in [1.29, 1.82) is 0 Å². The summed E-state index contributed by atoms with van der Waals surface area (Å²) in [5, 5.41) is 4.53. The van der Waals surface area contributed by atoms with Gasteiger partial charge in [-0.2, -0.15) is 5.10 Å². The maximum absolute atomic E-state index is 12.6. The topological polar surface area (TPSA) is 60.4 Å². The van der Waals surface area contributed by atoms with Crippen molar-refractivity contribution >= 4 is 11.4 Å². The summed E-state index contributed by atoms with van der Waals surface area (Å²) >= 11 is 0. The predicted molar refractivity (Wildman–Crippen MR) is 104 cm³/mol. The third-order valence-electron chi connectivity index (χ3n) is 4.46. The number of benzene rings is 1. The van der Waals surface area contributed by atoms with E-state index in [1.807, 2.05) is 48.5 Å². The Labute approximate surface area is 157 Å². The maximum Gasteiger partial charge on any atom is 0.170 e. The first-order valence-electron chi connectivity index (χ1n) is 9.09. The number of rotatable bonds is 6. The lowest BCUT2D eigenvalue weighted by Crippen LogP contribution is -2.06. The largest absolute Gasteiger partial charge is 0.472 e. The van der Waals surface area contributed by atoms with E-state index in [0.717, 1.165) is 17.7 Å². The lowest BCUT2D eigenvalue weighted by molar-refractivity contribution is 0.0991. The molecule has 3 heterocycles. The standard InChI is InChI=1S/C22H21N3O2/c1-15(2)12-16-6-8-17(9-7-16)20(26)13-21-23-22-5-3-4-19(25(22)24-21)18-10-11-27-14-18/h3-11,14-15H,12-13H2,1-2H3. The van der Waals surface area contributed by atoms with Gasteiger partial charge in [0.25, 0.3) is 0 Å². The summed E-state index contributed by atoms with van der Waals surface area (Å²) in [4.78, 5) is 17.1. The molecule has 0 atom stereocenters. The van der Waals surface area contributed by atoms with E-state index in [0.29, 0.717) is 23.0 Å². The van der Waals surface area contributed by atoms with Gasteiger partial charge in [0.2, 0.25) is 0 Å². The lowest BCUT2D eigenvalue weighted by Gasteiger charge is -2.05. The molecule has 0 aliphatic rings. The molecule has 0 fully saturated rings. The summed E-state index contributed by atoms with van der Waals surface area (Å²) in [6.45, 7) is 4.37. The predicted octanol–water partition coefficient (Wildman–Crippen LogP) is 4.61. The summed E-state index contributed by atoms with van der Waals surface area (Å²) < 4.78 is 6.91. The number of hydrogen-bond donors (Lipinski definition) is 0. The van der Waals surface area contributed by atoms with Gasteiger partial charge in [0.1, 0.15) is 0 Å². The van der Waals surface area contributed by atoms with E-state index in [2.05, 4.69) is 23.9 Å². The Morgan fingerprint density at radius 3 is 2.63 bits per heavy atom. The Balaban J connectivity index is 1.56. The molecule has 0 amide bonds. The molecular weight excluding hydrogens is 338 g/mol. The number of aromatic nitrogens is 3. The molecule has 1 aromatic carbocycles. The number of hydrogen-bond acceptors (Lipinski definition) is 4. The van der Waals surface area contributed by atoms with Gasteiger partial charge in [-0.25, -0.2) is 9.50 Å². The van der Waals surface area contributed by atoms with Gasteiger partial charge in [-0.1, -0.05) is 44.2 Å². The molecule has 4 rings (SSSR count). The van der Waals surface area contributed by atoms with Crippen LogP contribution in [0.4, 0.5) is 0 Å². The van der Waals surface area contributed by atoms with Crippen molar-refractivity contribution in [3.63, 3.8) is 0 Å². The molecule has 3 aromatic heterocycles. The van der Waals surface area contributed by atoms with Gasteiger partial charge in [0.05, 0.1) is 24.6 Å². The Hall–Kier alpha value is -3.21. The Morgan fingerprint density at radius 2 is 1.93 bits per heavy atom. The minimum absolute atomic E-state index is 0.0202. The van der Waals surface area contributed by atoms with E-state index in [1.165, 1.54) is 5.56 Å². The zero-order chi connectivity index (χ0) is 18.8. The van der Waals surface area contributed by atoms with Crippen LogP contribution in [0.5, 0.6) is 0 Å². The second-order valence-corrected chi connectivity index (χ2v) is 7.12. The van der Waals surface area contributed by atoms with E-state index >= 15 is 0 Å². The molecule has 5 nitrogen and oxygen atoms in total. The number of ketones is 1. The van der Waals surface area contributed by atoms with Crippen molar-refractivity contribution in [3.05, 3.63) is 78.0 Å². The number of fused-ring (bicyclic) bond motifs is 1. The first-order chi connectivity index (χ1) is 13.1.